The summed E-state index contributed by atoms with van der Waals surface area (Å²) in [5.41, 5.74) is 1.67. The summed E-state index contributed by atoms with van der Waals surface area (Å²) in [5, 5.41) is 3.04. The summed E-state index contributed by atoms with van der Waals surface area (Å²) in [6, 6.07) is 25.5. The summed E-state index contributed by atoms with van der Waals surface area (Å²) in [4.78, 5) is 37.5. The van der Waals surface area contributed by atoms with E-state index in [1.807, 2.05) is 24.3 Å². The van der Waals surface area contributed by atoms with Crippen molar-refractivity contribution in [1.82, 2.24) is 0 Å². The fourth-order valence-electron chi connectivity index (χ4n) is 2.80. The van der Waals surface area contributed by atoms with Gasteiger partial charge in [0.1, 0.15) is 6.04 Å². The molecule has 1 N–H and O–H groups in total. The number of ether oxygens (including phenoxy) is 1. The average Bonchev–Trinajstić information content (AvgIpc) is 2.78. The van der Waals surface area contributed by atoms with Crippen molar-refractivity contribution in [2.45, 2.75) is 12.5 Å². The third-order valence-electron chi connectivity index (χ3n) is 4.33. The van der Waals surface area contributed by atoms with Crippen molar-refractivity contribution in [3.8, 4) is 0 Å². The van der Waals surface area contributed by atoms with E-state index in [-0.39, 0.29) is 24.6 Å². The SMILES string of the molecule is O=C(COC(=O)[C@H](CC(=O)c1ccccc1)Nc1ccccc1)c1ccccc1. The van der Waals surface area contributed by atoms with E-state index < -0.39 is 12.0 Å². The second-order valence-electron chi connectivity index (χ2n) is 6.45. The van der Waals surface area contributed by atoms with Crippen LogP contribution in [0.3, 0.4) is 0 Å². The number of carbonyl (C=O) groups is 3. The summed E-state index contributed by atoms with van der Waals surface area (Å²) in [6.45, 7) is -0.380. The molecule has 146 valence electrons. The number of rotatable bonds is 9. The van der Waals surface area contributed by atoms with Crippen molar-refractivity contribution >= 4 is 23.2 Å². The maximum Gasteiger partial charge on any atom is 0.329 e. The molecule has 5 nitrogen and oxygen atoms in total. The zero-order valence-corrected chi connectivity index (χ0v) is 15.8. The van der Waals surface area contributed by atoms with Gasteiger partial charge in [-0.3, -0.25) is 9.59 Å². The fourth-order valence-corrected chi connectivity index (χ4v) is 2.80. The minimum atomic E-state index is -0.909. The highest BCUT2D eigenvalue weighted by Gasteiger charge is 2.25. The third-order valence-corrected chi connectivity index (χ3v) is 4.33. The van der Waals surface area contributed by atoms with Crippen LogP contribution in [0.15, 0.2) is 91.0 Å². The van der Waals surface area contributed by atoms with E-state index in [4.69, 9.17) is 4.74 Å². The third kappa shape index (κ3) is 5.87. The highest BCUT2D eigenvalue weighted by atomic mass is 16.5. The van der Waals surface area contributed by atoms with Gasteiger partial charge in [-0.05, 0) is 12.1 Å². The van der Waals surface area contributed by atoms with Gasteiger partial charge < -0.3 is 10.1 Å². The molecule has 29 heavy (non-hydrogen) atoms. The van der Waals surface area contributed by atoms with Crippen molar-refractivity contribution in [2.75, 3.05) is 11.9 Å². The molecule has 0 fully saturated rings. The lowest BCUT2D eigenvalue weighted by atomic mass is 10.0. The summed E-state index contributed by atoms with van der Waals surface area (Å²) in [7, 11) is 0. The normalized spacial score (nSPS) is 11.3. The number of nitrogens with one attached hydrogen (secondary N) is 1. The lowest BCUT2D eigenvalue weighted by molar-refractivity contribution is -0.143. The van der Waals surface area contributed by atoms with Gasteiger partial charge in [-0.25, -0.2) is 4.79 Å². The van der Waals surface area contributed by atoms with Crippen LogP contribution in [0.4, 0.5) is 5.69 Å². The quantitative estimate of drug-likeness (QED) is 0.441. The maximum atomic E-state index is 12.7. The Balaban J connectivity index is 1.68. The monoisotopic (exact) mass is 387 g/mol. The number of para-hydroxylation sites is 1. The molecule has 3 rings (SSSR count). The molecular weight excluding hydrogens is 366 g/mol. The van der Waals surface area contributed by atoms with Gasteiger partial charge >= 0.3 is 5.97 Å². The number of ketones is 2. The molecule has 1 atom stereocenters. The maximum absolute atomic E-state index is 12.7. The number of benzene rings is 3. The fraction of sp³-hybridized carbons (Fsp3) is 0.125. The van der Waals surface area contributed by atoms with Gasteiger partial charge in [0, 0.05) is 23.2 Å². The second kappa shape index (κ2) is 9.99. The van der Waals surface area contributed by atoms with E-state index in [0.717, 1.165) is 0 Å². The van der Waals surface area contributed by atoms with Crippen LogP contribution in [0.1, 0.15) is 27.1 Å². The number of hydrogen-bond donors (Lipinski definition) is 1. The lowest BCUT2D eigenvalue weighted by Gasteiger charge is -2.18. The molecule has 0 heterocycles. The molecule has 3 aromatic rings. The first-order valence-electron chi connectivity index (χ1n) is 9.28. The Kier molecular flexibility index (Phi) is 6.90. The van der Waals surface area contributed by atoms with Crippen LogP contribution in [0.2, 0.25) is 0 Å². The van der Waals surface area contributed by atoms with Gasteiger partial charge in [-0.1, -0.05) is 78.9 Å². The largest absolute Gasteiger partial charge is 0.456 e. The first-order chi connectivity index (χ1) is 14.1. The Morgan fingerprint density at radius 1 is 0.690 bits per heavy atom. The molecule has 0 aliphatic rings. The molecule has 5 heteroatoms. The van der Waals surface area contributed by atoms with Gasteiger partial charge in [0.05, 0.1) is 0 Å². The van der Waals surface area contributed by atoms with Gasteiger partial charge in [0.25, 0.3) is 0 Å². The van der Waals surface area contributed by atoms with Crippen molar-refractivity contribution < 1.29 is 19.1 Å². The lowest BCUT2D eigenvalue weighted by Crippen LogP contribution is -2.34. The Labute approximate surface area is 169 Å². The smallest absolute Gasteiger partial charge is 0.329 e. The Bertz CT molecular complexity index is 956. The number of Topliss-reactive ketones (excluding diaryl/α,β-unsaturated/α-hetero) is 2. The second-order valence-corrected chi connectivity index (χ2v) is 6.45. The molecule has 0 saturated carbocycles. The predicted octanol–water partition coefficient (Wildman–Crippen LogP) is 4.17. The Morgan fingerprint density at radius 2 is 1.17 bits per heavy atom. The predicted molar refractivity (Wildman–Crippen MR) is 111 cm³/mol. The van der Waals surface area contributed by atoms with Gasteiger partial charge in [0.2, 0.25) is 0 Å². The van der Waals surface area contributed by atoms with Crippen molar-refractivity contribution in [3.05, 3.63) is 102 Å². The van der Waals surface area contributed by atoms with E-state index in [2.05, 4.69) is 5.32 Å². The van der Waals surface area contributed by atoms with E-state index >= 15 is 0 Å². The van der Waals surface area contributed by atoms with E-state index in [1.54, 1.807) is 66.7 Å². The van der Waals surface area contributed by atoms with Crippen molar-refractivity contribution in [2.24, 2.45) is 0 Å². The van der Waals surface area contributed by atoms with Gasteiger partial charge in [0.15, 0.2) is 18.2 Å². The molecule has 0 aliphatic heterocycles. The van der Waals surface area contributed by atoms with E-state index in [1.165, 1.54) is 0 Å². The highest BCUT2D eigenvalue weighted by molar-refractivity contribution is 6.01. The molecular formula is C24H21NO4. The molecule has 0 aliphatic carbocycles. The number of anilines is 1. The molecule has 0 radical (unpaired) electrons. The minimum Gasteiger partial charge on any atom is -0.456 e. The van der Waals surface area contributed by atoms with Crippen LogP contribution in [0.5, 0.6) is 0 Å². The van der Waals surface area contributed by atoms with Crippen molar-refractivity contribution in [1.29, 1.82) is 0 Å². The van der Waals surface area contributed by atoms with E-state index in [0.29, 0.717) is 16.8 Å². The number of esters is 1. The standard InChI is InChI=1S/C24H21NO4/c26-22(18-10-4-1-5-11-18)16-21(25-20-14-8-3-9-15-20)24(28)29-17-23(27)19-12-6-2-7-13-19/h1-15,21,25H,16-17H2/t21-/m0/s1. The molecule has 3 aromatic carbocycles. The van der Waals surface area contributed by atoms with Gasteiger partial charge in [-0.15, -0.1) is 0 Å². The summed E-state index contributed by atoms with van der Waals surface area (Å²) in [5.74, 6) is -1.14. The zero-order chi connectivity index (χ0) is 20.5. The molecule has 0 aromatic heterocycles. The molecule has 0 amide bonds. The first-order valence-corrected chi connectivity index (χ1v) is 9.28. The zero-order valence-electron chi connectivity index (χ0n) is 15.8. The van der Waals surface area contributed by atoms with Gasteiger partial charge in [-0.2, -0.15) is 0 Å². The number of hydrogen-bond acceptors (Lipinski definition) is 5. The molecule has 0 spiro atoms. The number of carbonyl (C=O) groups excluding carboxylic acids is 3. The topological polar surface area (TPSA) is 72.5 Å². The molecule has 0 unspecified atom stereocenters. The Morgan fingerprint density at radius 3 is 1.72 bits per heavy atom. The average molecular weight is 387 g/mol. The summed E-state index contributed by atoms with van der Waals surface area (Å²) < 4.78 is 5.23. The summed E-state index contributed by atoms with van der Waals surface area (Å²) >= 11 is 0. The first kappa shape index (κ1) is 20.0. The van der Waals surface area contributed by atoms with Crippen LogP contribution in [0, 0.1) is 0 Å². The van der Waals surface area contributed by atoms with Crippen LogP contribution >= 0.6 is 0 Å². The summed E-state index contributed by atoms with van der Waals surface area (Å²) in [6.07, 6.45) is -0.0860. The van der Waals surface area contributed by atoms with Crippen molar-refractivity contribution in [3.63, 3.8) is 0 Å². The molecule has 0 bridgehead atoms. The highest BCUT2D eigenvalue weighted by Crippen LogP contribution is 2.14. The van der Waals surface area contributed by atoms with Crippen LogP contribution < -0.4 is 5.32 Å². The van der Waals surface area contributed by atoms with Crippen LogP contribution in [0.25, 0.3) is 0 Å². The van der Waals surface area contributed by atoms with Crippen LogP contribution in [-0.2, 0) is 9.53 Å². The van der Waals surface area contributed by atoms with E-state index in [9.17, 15) is 14.4 Å². The van der Waals surface area contributed by atoms with Crippen LogP contribution in [-0.4, -0.2) is 30.2 Å². The Hall–Kier alpha value is -3.73. The molecule has 0 saturated heterocycles. The minimum absolute atomic E-state index is 0.0860.